The molecule has 110 valence electrons. The average Bonchev–Trinajstić information content (AvgIpc) is 2.85. The molecule has 0 bridgehead atoms. The fourth-order valence-corrected chi connectivity index (χ4v) is 1.30. The highest BCUT2D eigenvalue weighted by molar-refractivity contribution is 6.08. The minimum atomic E-state index is -1.41. The number of nitrogens with two attached hydrogens (primary N) is 1. The van der Waals surface area contributed by atoms with Crippen molar-refractivity contribution >= 4 is 23.5 Å². The number of carbonyl (C=O) groups is 3. The Hall–Kier alpha value is -2.42. The standard InChI is InChI=1S/C11H17N5O4/c1-3-20-11(19)9(12)10(18)15-7-4-14-16(5-7)6-8(17)13-2/h4-5,9H,3,6,12H2,1-2H3,(H,13,17)(H,15,18). The summed E-state index contributed by atoms with van der Waals surface area (Å²) in [6, 6.07) is -1.41. The molecule has 1 heterocycles. The summed E-state index contributed by atoms with van der Waals surface area (Å²) in [6.07, 6.45) is 2.80. The van der Waals surface area contributed by atoms with Gasteiger partial charge in [0.05, 0.1) is 18.5 Å². The number of esters is 1. The SMILES string of the molecule is CCOC(=O)C(N)C(=O)Nc1cnn(CC(=O)NC)c1. The van der Waals surface area contributed by atoms with Gasteiger partial charge in [-0.15, -0.1) is 0 Å². The lowest BCUT2D eigenvalue weighted by molar-refractivity contribution is -0.147. The van der Waals surface area contributed by atoms with Crippen molar-refractivity contribution in [1.82, 2.24) is 15.1 Å². The van der Waals surface area contributed by atoms with Gasteiger partial charge in [-0.2, -0.15) is 5.10 Å². The number of carbonyl (C=O) groups excluding carboxylic acids is 3. The number of likely N-dealkylation sites (N-methyl/N-ethyl adjacent to an activating group) is 1. The number of hydrogen-bond donors (Lipinski definition) is 3. The largest absolute Gasteiger partial charge is 0.464 e. The summed E-state index contributed by atoms with van der Waals surface area (Å²) in [5.41, 5.74) is 5.76. The van der Waals surface area contributed by atoms with Crippen LogP contribution in [0.15, 0.2) is 12.4 Å². The van der Waals surface area contributed by atoms with Crippen molar-refractivity contribution in [1.29, 1.82) is 0 Å². The number of hydrogen-bond acceptors (Lipinski definition) is 6. The van der Waals surface area contributed by atoms with Crippen molar-refractivity contribution in [2.45, 2.75) is 19.5 Å². The van der Waals surface area contributed by atoms with E-state index in [1.807, 2.05) is 0 Å². The minimum absolute atomic E-state index is 0.0241. The molecule has 1 unspecified atom stereocenters. The first-order valence-electron chi connectivity index (χ1n) is 5.94. The number of nitrogens with one attached hydrogen (secondary N) is 2. The van der Waals surface area contributed by atoms with Gasteiger partial charge in [-0.1, -0.05) is 0 Å². The molecule has 0 aliphatic heterocycles. The second-order valence-electron chi connectivity index (χ2n) is 3.82. The van der Waals surface area contributed by atoms with Crippen LogP contribution in [0.3, 0.4) is 0 Å². The summed E-state index contributed by atoms with van der Waals surface area (Å²) in [6.45, 7) is 1.78. The van der Waals surface area contributed by atoms with E-state index in [4.69, 9.17) is 5.73 Å². The molecule has 0 aromatic carbocycles. The van der Waals surface area contributed by atoms with Gasteiger partial charge in [0, 0.05) is 13.2 Å². The van der Waals surface area contributed by atoms with Crippen LogP contribution in [0.4, 0.5) is 5.69 Å². The van der Waals surface area contributed by atoms with Crippen LogP contribution in [0, 0.1) is 0 Å². The molecular weight excluding hydrogens is 266 g/mol. The summed E-state index contributed by atoms with van der Waals surface area (Å²) in [5.74, 6) is -1.74. The van der Waals surface area contributed by atoms with E-state index in [1.54, 1.807) is 6.92 Å². The molecule has 9 nitrogen and oxygen atoms in total. The van der Waals surface area contributed by atoms with Gasteiger partial charge < -0.3 is 21.1 Å². The van der Waals surface area contributed by atoms with Crippen LogP contribution < -0.4 is 16.4 Å². The minimum Gasteiger partial charge on any atom is -0.464 e. The molecule has 1 aromatic rings. The lowest BCUT2D eigenvalue weighted by Crippen LogP contribution is -2.43. The first kappa shape index (κ1) is 15.6. The van der Waals surface area contributed by atoms with E-state index in [0.29, 0.717) is 5.69 Å². The second kappa shape index (κ2) is 7.24. The zero-order valence-electron chi connectivity index (χ0n) is 11.3. The lowest BCUT2D eigenvalue weighted by Gasteiger charge is -2.09. The molecule has 0 aliphatic carbocycles. The third-order valence-electron chi connectivity index (χ3n) is 2.31. The highest BCUT2D eigenvalue weighted by Gasteiger charge is 2.23. The second-order valence-corrected chi connectivity index (χ2v) is 3.82. The summed E-state index contributed by atoms with van der Waals surface area (Å²) in [7, 11) is 1.51. The molecule has 0 radical (unpaired) electrons. The maximum Gasteiger partial charge on any atom is 0.332 e. The molecule has 9 heteroatoms. The van der Waals surface area contributed by atoms with E-state index in [9.17, 15) is 14.4 Å². The summed E-state index contributed by atoms with van der Waals surface area (Å²) >= 11 is 0. The average molecular weight is 283 g/mol. The van der Waals surface area contributed by atoms with Crippen LogP contribution in [0.2, 0.25) is 0 Å². The van der Waals surface area contributed by atoms with Crippen molar-refractivity contribution in [3.8, 4) is 0 Å². The van der Waals surface area contributed by atoms with Gasteiger partial charge in [-0.3, -0.25) is 14.3 Å². The number of anilines is 1. The molecule has 0 saturated carbocycles. The van der Waals surface area contributed by atoms with E-state index in [1.165, 1.54) is 24.1 Å². The van der Waals surface area contributed by atoms with Crippen LogP contribution in [-0.4, -0.2) is 47.3 Å². The zero-order chi connectivity index (χ0) is 15.1. The molecule has 1 atom stereocenters. The first-order chi connectivity index (χ1) is 9.47. The molecular formula is C11H17N5O4. The molecule has 0 aliphatic rings. The molecule has 20 heavy (non-hydrogen) atoms. The molecule has 0 saturated heterocycles. The van der Waals surface area contributed by atoms with E-state index in [-0.39, 0.29) is 19.1 Å². The Morgan fingerprint density at radius 1 is 1.50 bits per heavy atom. The highest BCUT2D eigenvalue weighted by atomic mass is 16.5. The Bertz CT molecular complexity index is 499. The highest BCUT2D eigenvalue weighted by Crippen LogP contribution is 2.05. The van der Waals surface area contributed by atoms with Crippen LogP contribution >= 0.6 is 0 Å². The topological polar surface area (TPSA) is 128 Å². The number of nitrogens with zero attached hydrogens (tertiary/aromatic N) is 2. The van der Waals surface area contributed by atoms with E-state index in [0.717, 1.165) is 0 Å². The fourth-order valence-electron chi connectivity index (χ4n) is 1.30. The third kappa shape index (κ3) is 4.35. The number of rotatable bonds is 6. The summed E-state index contributed by atoms with van der Waals surface area (Å²) in [5, 5.41) is 8.74. The number of aromatic nitrogens is 2. The normalized spacial score (nSPS) is 11.6. The molecule has 1 rings (SSSR count). The Morgan fingerprint density at radius 2 is 2.20 bits per heavy atom. The third-order valence-corrected chi connectivity index (χ3v) is 2.31. The Labute approximate surface area is 115 Å². The molecule has 0 fully saturated rings. The van der Waals surface area contributed by atoms with Gasteiger partial charge in [0.1, 0.15) is 6.54 Å². The summed E-state index contributed by atoms with van der Waals surface area (Å²) < 4.78 is 5.97. The van der Waals surface area contributed by atoms with Gasteiger partial charge in [-0.05, 0) is 6.92 Å². The quantitative estimate of drug-likeness (QED) is 0.428. The van der Waals surface area contributed by atoms with Crippen LogP contribution in [-0.2, 0) is 25.7 Å². The fraction of sp³-hybridized carbons (Fsp3) is 0.455. The van der Waals surface area contributed by atoms with Gasteiger partial charge in [0.2, 0.25) is 5.91 Å². The van der Waals surface area contributed by atoms with Crippen LogP contribution in [0.5, 0.6) is 0 Å². The Balaban J connectivity index is 2.58. The van der Waals surface area contributed by atoms with Crippen LogP contribution in [0.25, 0.3) is 0 Å². The Morgan fingerprint density at radius 3 is 2.80 bits per heavy atom. The zero-order valence-corrected chi connectivity index (χ0v) is 11.3. The maximum atomic E-state index is 11.7. The van der Waals surface area contributed by atoms with E-state index >= 15 is 0 Å². The molecule has 4 N–H and O–H groups in total. The molecule has 0 spiro atoms. The van der Waals surface area contributed by atoms with E-state index in [2.05, 4.69) is 20.5 Å². The van der Waals surface area contributed by atoms with Gasteiger partial charge in [0.15, 0.2) is 6.04 Å². The monoisotopic (exact) mass is 283 g/mol. The number of amides is 2. The van der Waals surface area contributed by atoms with Gasteiger partial charge in [-0.25, -0.2) is 4.79 Å². The van der Waals surface area contributed by atoms with Gasteiger partial charge >= 0.3 is 5.97 Å². The Kier molecular flexibility index (Phi) is 5.66. The van der Waals surface area contributed by atoms with Crippen molar-refractivity contribution < 1.29 is 19.1 Å². The predicted molar refractivity (Wildman–Crippen MR) is 69.5 cm³/mol. The smallest absolute Gasteiger partial charge is 0.332 e. The predicted octanol–water partition coefficient (Wildman–Crippen LogP) is -1.54. The van der Waals surface area contributed by atoms with Crippen molar-refractivity contribution in [2.75, 3.05) is 19.0 Å². The lowest BCUT2D eigenvalue weighted by atomic mass is 10.3. The van der Waals surface area contributed by atoms with Gasteiger partial charge in [0.25, 0.3) is 5.91 Å². The first-order valence-corrected chi connectivity index (χ1v) is 5.94. The van der Waals surface area contributed by atoms with Crippen molar-refractivity contribution in [2.24, 2.45) is 5.73 Å². The maximum absolute atomic E-state index is 11.7. The van der Waals surface area contributed by atoms with Crippen molar-refractivity contribution in [3.63, 3.8) is 0 Å². The molecule has 2 amide bonds. The van der Waals surface area contributed by atoms with E-state index < -0.39 is 17.9 Å². The van der Waals surface area contributed by atoms with Crippen LogP contribution in [0.1, 0.15) is 6.92 Å². The van der Waals surface area contributed by atoms with Crippen molar-refractivity contribution in [3.05, 3.63) is 12.4 Å². The number of ether oxygens (including phenoxy) is 1. The molecule has 1 aromatic heterocycles. The summed E-state index contributed by atoms with van der Waals surface area (Å²) in [4.78, 5) is 34.1.